The molecule has 2 aromatic heterocycles. The quantitative estimate of drug-likeness (QED) is 0.468. The number of hydrogen-bond donors (Lipinski definition) is 0. The highest BCUT2D eigenvalue weighted by Gasteiger charge is 2.15. The van der Waals surface area contributed by atoms with Crippen LogP contribution >= 0.6 is 11.3 Å². The van der Waals surface area contributed by atoms with Crippen LogP contribution < -0.4 is 10.2 Å². The van der Waals surface area contributed by atoms with Crippen LogP contribution in [-0.4, -0.2) is 23.7 Å². The highest BCUT2D eigenvalue weighted by Crippen LogP contribution is 2.19. The number of aromatic nitrogens is 1. The van der Waals surface area contributed by atoms with Gasteiger partial charge in [-0.3, -0.25) is 9.59 Å². The standard InChI is InChI=1S/C21H17FN2O4S/c1-2-27-10-9-24-16-8-7-13(22)11-18(16)29-21(24)23-20(26)15-12-28-17-6-4-3-5-14(17)19(15)25/h3-8,11-12H,2,9-10H2,1H3. The molecular weight excluding hydrogens is 395 g/mol. The van der Waals surface area contributed by atoms with Crippen molar-refractivity contribution in [3.8, 4) is 0 Å². The molecule has 2 aromatic carbocycles. The van der Waals surface area contributed by atoms with Gasteiger partial charge in [-0.05, 0) is 37.3 Å². The summed E-state index contributed by atoms with van der Waals surface area (Å²) in [4.78, 5) is 29.9. The molecule has 0 aliphatic rings. The maximum Gasteiger partial charge on any atom is 0.286 e. The minimum Gasteiger partial charge on any atom is -0.463 e. The largest absolute Gasteiger partial charge is 0.463 e. The lowest BCUT2D eigenvalue weighted by Gasteiger charge is -2.05. The van der Waals surface area contributed by atoms with Crippen LogP contribution in [-0.2, 0) is 11.3 Å². The molecule has 0 saturated carbocycles. The normalized spacial score (nSPS) is 12.1. The number of benzene rings is 2. The molecule has 0 N–H and O–H groups in total. The van der Waals surface area contributed by atoms with Gasteiger partial charge in [0.25, 0.3) is 5.91 Å². The van der Waals surface area contributed by atoms with Crippen LogP contribution in [0, 0.1) is 5.82 Å². The van der Waals surface area contributed by atoms with E-state index in [0.29, 0.717) is 40.2 Å². The molecule has 29 heavy (non-hydrogen) atoms. The fourth-order valence-corrected chi connectivity index (χ4v) is 4.10. The van der Waals surface area contributed by atoms with Crippen molar-refractivity contribution in [3.05, 3.63) is 75.1 Å². The van der Waals surface area contributed by atoms with Crippen molar-refractivity contribution in [2.24, 2.45) is 4.99 Å². The number of halogens is 1. The summed E-state index contributed by atoms with van der Waals surface area (Å²) in [5.41, 5.74) is 0.559. The molecule has 2 heterocycles. The maximum atomic E-state index is 13.6. The highest BCUT2D eigenvalue weighted by atomic mass is 32.1. The minimum atomic E-state index is -0.707. The lowest BCUT2D eigenvalue weighted by Crippen LogP contribution is -2.21. The van der Waals surface area contributed by atoms with E-state index >= 15 is 0 Å². The van der Waals surface area contributed by atoms with E-state index in [1.165, 1.54) is 23.5 Å². The van der Waals surface area contributed by atoms with Crippen molar-refractivity contribution < 1.29 is 18.3 Å². The molecule has 148 valence electrons. The number of carbonyl (C=O) groups is 1. The van der Waals surface area contributed by atoms with Gasteiger partial charge in [-0.25, -0.2) is 4.39 Å². The first kappa shape index (κ1) is 19.2. The molecule has 1 amide bonds. The van der Waals surface area contributed by atoms with E-state index in [2.05, 4.69) is 4.99 Å². The molecule has 0 saturated heterocycles. The summed E-state index contributed by atoms with van der Waals surface area (Å²) < 4.78 is 26.9. The fraction of sp³-hybridized carbons (Fsp3) is 0.190. The summed E-state index contributed by atoms with van der Waals surface area (Å²) in [7, 11) is 0. The van der Waals surface area contributed by atoms with Crippen LogP contribution in [0.1, 0.15) is 17.3 Å². The van der Waals surface area contributed by atoms with Gasteiger partial charge < -0.3 is 13.7 Å². The maximum absolute atomic E-state index is 13.6. The van der Waals surface area contributed by atoms with Crippen LogP contribution in [0.4, 0.5) is 4.39 Å². The topological polar surface area (TPSA) is 73.8 Å². The van der Waals surface area contributed by atoms with E-state index in [1.807, 2.05) is 6.92 Å². The van der Waals surface area contributed by atoms with Gasteiger partial charge in [0.05, 0.1) is 22.2 Å². The van der Waals surface area contributed by atoms with Gasteiger partial charge in [-0.1, -0.05) is 23.5 Å². The molecule has 0 bridgehead atoms. The highest BCUT2D eigenvalue weighted by molar-refractivity contribution is 7.16. The van der Waals surface area contributed by atoms with E-state index in [0.717, 1.165) is 11.8 Å². The van der Waals surface area contributed by atoms with Crippen LogP contribution in [0.3, 0.4) is 0 Å². The zero-order valence-electron chi connectivity index (χ0n) is 15.6. The second kappa shape index (κ2) is 8.10. The third kappa shape index (κ3) is 3.76. The number of amides is 1. The second-order valence-corrected chi connectivity index (χ2v) is 7.25. The Bertz CT molecular complexity index is 1340. The van der Waals surface area contributed by atoms with E-state index in [1.54, 1.807) is 34.9 Å². The fourth-order valence-electron chi connectivity index (χ4n) is 3.02. The van der Waals surface area contributed by atoms with Crippen LogP contribution in [0.25, 0.3) is 21.2 Å². The number of fused-ring (bicyclic) bond motifs is 2. The van der Waals surface area contributed by atoms with Gasteiger partial charge in [-0.2, -0.15) is 4.99 Å². The van der Waals surface area contributed by atoms with Gasteiger partial charge in [0.15, 0.2) is 4.80 Å². The Balaban J connectivity index is 1.83. The first-order valence-electron chi connectivity index (χ1n) is 9.04. The average Bonchev–Trinajstić information content (AvgIpc) is 3.04. The molecule has 8 heteroatoms. The number of carbonyl (C=O) groups excluding carboxylic acids is 1. The predicted octanol–water partition coefficient (Wildman–Crippen LogP) is 3.73. The number of ether oxygens (including phenoxy) is 1. The number of para-hydroxylation sites is 1. The molecule has 6 nitrogen and oxygen atoms in total. The van der Waals surface area contributed by atoms with E-state index in [-0.39, 0.29) is 11.4 Å². The Morgan fingerprint density at radius 2 is 2.10 bits per heavy atom. The van der Waals surface area contributed by atoms with Crippen LogP contribution in [0.2, 0.25) is 0 Å². The Morgan fingerprint density at radius 1 is 1.28 bits per heavy atom. The third-order valence-corrected chi connectivity index (χ3v) is 5.46. The van der Waals surface area contributed by atoms with Crippen molar-refractivity contribution in [3.63, 3.8) is 0 Å². The van der Waals surface area contributed by atoms with Crippen molar-refractivity contribution in [2.45, 2.75) is 13.5 Å². The van der Waals surface area contributed by atoms with E-state index in [9.17, 15) is 14.0 Å². The summed E-state index contributed by atoms with van der Waals surface area (Å²) >= 11 is 1.18. The van der Waals surface area contributed by atoms with Crippen molar-refractivity contribution >= 4 is 38.4 Å². The molecule has 4 aromatic rings. The zero-order valence-corrected chi connectivity index (χ0v) is 16.4. The minimum absolute atomic E-state index is 0.149. The molecule has 0 atom stereocenters. The second-order valence-electron chi connectivity index (χ2n) is 6.24. The zero-order chi connectivity index (χ0) is 20.4. The molecule has 0 fully saturated rings. The SMILES string of the molecule is CCOCCn1c(=NC(=O)c2coc3ccccc3c2=O)sc2cc(F)ccc21. The summed E-state index contributed by atoms with van der Waals surface area (Å²) in [6.45, 7) is 3.30. The first-order valence-corrected chi connectivity index (χ1v) is 9.86. The van der Waals surface area contributed by atoms with Gasteiger partial charge >= 0.3 is 0 Å². The molecule has 0 spiro atoms. The Hall–Kier alpha value is -3.10. The van der Waals surface area contributed by atoms with E-state index in [4.69, 9.17) is 9.15 Å². The number of nitrogens with zero attached hydrogens (tertiary/aromatic N) is 2. The summed E-state index contributed by atoms with van der Waals surface area (Å²) in [6.07, 6.45) is 1.13. The van der Waals surface area contributed by atoms with Gasteiger partial charge in [0.1, 0.15) is 23.2 Å². The predicted molar refractivity (Wildman–Crippen MR) is 109 cm³/mol. The number of thiazole rings is 1. The summed E-state index contributed by atoms with van der Waals surface area (Å²) in [5.74, 6) is -1.08. The molecule has 0 aliphatic carbocycles. The van der Waals surface area contributed by atoms with Gasteiger partial charge in [0, 0.05) is 13.2 Å². The summed E-state index contributed by atoms with van der Waals surface area (Å²) in [6, 6.07) is 11.1. The Labute approximate surface area is 168 Å². The monoisotopic (exact) mass is 412 g/mol. The van der Waals surface area contributed by atoms with Gasteiger partial charge in [-0.15, -0.1) is 0 Å². The van der Waals surface area contributed by atoms with Crippen LogP contribution in [0.15, 0.2) is 62.9 Å². The van der Waals surface area contributed by atoms with Crippen molar-refractivity contribution in [2.75, 3.05) is 13.2 Å². The Kier molecular flexibility index (Phi) is 5.37. The third-order valence-electron chi connectivity index (χ3n) is 4.42. The Morgan fingerprint density at radius 3 is 2.93 bits per heavy atom. The number of hydrogen-bond acceptors (Lipinski definition) is 5. The molecular formula is C21H17FN2O4S. The van der Waals surface area contributed by atoms with E-state index < -0.39 is 11.3 Å². The van der Waals surface area contributed by atoms with Crippen LogP contribution in [0.5, 0.6) is 0 Å². The van der Waals surface area contributed by atoms with Crippen molar-refractivity contribution in [1.82, 2.24) is 4.57 Å². The lowest BCUT2D eigenvalue weighted by molar-refractivity contribution is 0.0994. The summed E-state index contributed by atoms with van der Waals surface area (Å²) in [5, 5.41) is 0.316. The molecule has 0 unspecified atom stereocenters. The smallest absolute Gasteiger partial charge is 0.286 e. The first-order chi connectivity index (χ1) is 14.1. The average molecular weight is 412 g/mol. The number of rotatable bonds is 5. The molecule has 0 radical (unpaired) electrons. The van der Waals surface area contributed by atoms with Gasteiger partial charge in [0.2, 0.25) is 5.43 Å². The molecule has 4 rings (SSSR count). The lowest BCUT2D eigenvalue weighted by atomic mass is 10.2. The molecule has 0 aliphatic heterocycles. The van der Waals surface area contributed by atoms with Crippen molar-refractivity contribution in [1.29, 1.82) is 0 Å².